The molecule has 0 saturated heterocycles. The van der Waals surface area contributed by atoms with Crippen molar-refractivity contribution in [3.8, 4) is 0 Å². The van der Waals surface area contributed by atoms with Crippen molar-refractivity contribution in [2.24, 2.45) is 0 Å². The molecule has 0 unspecified atom stereocenters. The van der Waals surface area contributed by atoms with Gasteiger partial charge in [-0.05, 0) is 24.3 Å². The van der Waals surface area contributed by atoms with E-state index in [0.29, 0.717) is 30.5 Å². The number of rotatable bonds is 7. The van der Waals surface area contributed by atoms with Crippen LogP contribution in [0.2, 0.25) is 0 Å². The SMILES string of the molecule is CN(CCNC(=O)CCn1cnc2ccccc2c1=O)c1ccccc1. The standard InChI is InChI=1S/C20H22N4O2/c1-23(16-7-3-2-4-8-16)14-12-21-19(25)11-13-24-15-22-18-10-6-5-9-17(18)20(24)26/h2-10,15H,11-14H2,1H3,(H,21,25). The zero-order chi connectivity index (χ0) is 18.4. The first kappa shape index (κ1) is 17.7. The summed E-state index contributed by atoms with van der Waals surface area (Å²) in [4.78, 5) is 30.8. The second kappa shape index (κ2) is 8.29. The highest BCUT2D eigenvalue weighted by Gasteiger charge is 2.07. The summed E-state index contributed by atoms with van der Waals surface area (Å²) in [5.41, 5.74) is 1.66. The predicted molar refractivity (Wildman–Crippen MR) is 103 cm³/mol. The lowest BCUT2D eigenvalue weighted by Gasteiger charge is -2.19. The monoisotopic (exact) mass is 350 g/mol. The number of amides is 1. The van der Waals surface area contributed by atoms with Gasteiger partial charge in [0.15, 0.2) is 0 Å². The number of para-hydroxylation sites is 2. The Bertz CT molecular complexity index is 937. The van der Waals surface area contributed by atoms with Gasteiger partial charge in [-0.2, -0.15) is 0 Å². The highest BCUT2D eigenvalue weighted by Crippen LogP contribution is 2.09. The van der Waals surface area contributed by atoms with Gasteiger partial charge in [-0.25, -0.2) is 4.98 Å². The fraction of sp³-hybridized carbons (Fsp3) is 0.250. The van der Waals surface area contributed by atoms with Gasteiger partial charge in [0, 0.05) is 38.8 Å². The maximum absolute atomic E-state index is 12.4. The lowest BCUT2D eigenvalue weighted by Crippen LogP contribution is -2.34. The van der Waals surface area contributed by atoms with Gasteiger partial charge in [0.05, 0.1) is 17.2 Å². The molecule has 1 aromatic heterocycles. The van der Waals surface area contributed by atoms with Crippen LogP contribution < -0.4 is 15.8 Å². The van der Waals surface area contributed by atoms with Crippen molar-refractivity contribution in [1.82, 2.24) is 14.9 Å². The van der Waals surface area contributed by atoms with Crippen LogP contribution in [-0.2, 0) is 11.3 Å². The van der Waals surface area contributed by atoms with E-state index in [2.05, 4.69) is 15.2 Å². The zero-order valence-corrected chi connectivity index (χ0v) is 14.8. The molecule has 26 heavy (non-hydrogen) atoms. The summed E-state index contributed by atoms with van der Waals surface area (Å²) in [6.45, 7) is 1.58. The van der Waals surface area contributed by atoms with E-state index in [1.54, 1.807) is 12.1 Å². The lowest BCUT2D eigenvalue weighted by molar-refractivity contribution is -0.121. The molecule has 0 spiro atoms. The largest absolute Gasteiger partial charge is 0.373 e. The average Bonchev–Trinajstić information content (AvgIpc) is 2.68. The van der Waals surface area contributed by atoms with Crippen LogP contribution in [0.15, 0.2) is 65.7 Å². The fourth-order valence-electron chi connectivity index (χ4n) is 2.75. The predicted octanol–water partition coefficient (Wildman–Crippen LogP) is 2.04. The Morgan fingerprint density at radius 1 is 1.12 bits per heavy atom. The molecule has 3 aromatic rings. The summed E-state index contributed by atoms with van der Waals surface area (Å²) in [5.74, 6) is -0.0773. The van der Waals surface area contributed by atoms with Crippen LogP contribution in [0.4, 0.5) is 5.69 Å². The van der Waals surface area contributed by atoms with Gasteiger partial charge in [-0.1, -0.05) is 30.3 Å². The third-order valence-corrected chi connectivity index (χ3v) is 4.28. The Morgan fingerprint density at radius 2 is 1.85 bits per heavy atom. The van der Waals surface area contributed by atoms with E-state index in [1.165, 1.54) is 10.9 Å². The van der Waals surface area contributed by atoms with E-state index in [0.717, 1.165) is 5.69 Å². The van der Waals surface area contributed by atoms with E-state index in [1.807, 2.05) is 49.5 Å². The molecule has 0 aliphatic heterocycles. The van der Waals surface area contributed by atoms with Crippen LogP contribution in [-0.4, -0.2) is 35.6 Å². The van der Waals surface area contributed by atoms with Crippen molar-refractivity contribution in [1.29, 1.82) is 0 Å². The average molecular weight is 350 g/mol. The molecule has 1 N–H and O–H groups in total. The summed E-state index contributed by atoms with van der Waals surface area (Å²) in [6.07, 6.45) is 1.75. The van der Waals surface area contributed by atoms with Gasteiger partial charge in [0.1, 0.15) is 0 Å². The number of nitrogens with one attached hydrogen (secondary N) is 1. The van der Waals surface area contributed by atoms with Crippen LogP contribution in [0.25, 0.3) is 10.9 Å². The highest BCUT2D eigenvalue weighted by atomic mass is 16.1. The molecule has 0 atom stereocenters. The molecule has 6 heteroatoms. The molecule has 0 fully saturated rings. The number of aryl methyl sites for hydroxylation is 1. The first-order valence-electron chi connectivity index (χ1n) is 8.62. The van der Waals surface area contributed by atoms with E-state index >= 15 is 0 Å². The number of hydrogen-bond donors (Lipinski definition) is 1. The van der Waals surface area contributed by atoms with Crippen molar-refractivity contribution < 1.29 is 4.79 Å². The molecule has 0 aliphatic rings. The second-order valence-electron chi connectivity index (χ2n) is 6.12. The van der Waals surface area contributed by atoms with Crippen molar-refractivity contribution in [3.63, 3.8) is 0 Å². The number of nitrogens with zero attached hydrogens (tertiary/aromatic N) is 3. The quantitative estimate of drug-likeness (QED) is 0.708. The normalized spacial score (nSPS) is 10.7. The number of benzene rings is 2. The zero-order valence-electron chi connectivity index (χ0n) is 14.8. The Hall–Kier alpha value is -3.15. The maximum Gasteiger partial charge on any atom is 0.261 e. The number of fused-ring (bicyclic) bond motifs is 1. The van der Waals surface area contributed by atoms with Gasteiger partial charge >= 0.3 is 0 Å². The Morgan fingerprint density at radius 3 is 2.65 bits per heavy atom. The summed E-state index contributed by atoms with van der Waals surface area (Å²) in [5, 5.41) is 3.46. The summed E-state index contributed by atoms with van der Waals surface area (Å²) in [7, 11) is 1.99. The van der Waals surface area contributed by atoms with Gasteiger partial charge in [-0.3, -0.25) is 14.2 Å². The minimum absolute atomic E-state index is 0.0773. The second-order valence-corrected chi connectivity index (χ2v) is 6.12. The highest BCUT2D eigenvalue weighted by molar-refractivity contribution is 5.77. The van der Waals surface area contributed by atoms with E-state index in [-0.39, 0.29) is 17.9 Å². The molecule has 0 bridgehead atoms. The van der Waals surface area contributed by atoms with Crippen molar-refractivity contribution in [2.45, 2.75) is 13.0 Å². The van der Waals surface area contributed by atoms with Crippen LogP contribution in [0.3, 0.4) is 0 Å². The molecule has 0 saturated carbocycles. The summed E-state index contributed by atoms with van der Waals surface area (Å²) >= 11 is 0. The number of anilines is 1. The minimum atomic E-state index is -0.118. The molecule has 1 amide bonds. The molecule has 0 radical (unpaired) electrons. The first-order chi connectivity index (χ1) is 12.6. The lowest BCUT2D eigenvalue weighted by atomic mass is 10.2. The Kier molecular flexibility index (Phi) is 5.63. The van der Waals surface area contributed by atoms with Crippen LogP contribution in [0, 0.1) is 0 Å². The van der Waals surface area contributed by atoms with Crippen molar-refractivity contribution in [3.05, 3.63) is 71.3 Å². The summed E-state index contributed by atoms with van der Waals surface area (Å²) in [6, 6.07) is 17.2. The molecular formula is C20H22N4O2. The van der Waals surface area contributed by atoms with E-state index in [4.69, 9.17) is 0 Å². The Balaban J connectivity index is 1.49. The van der Waals surface area contributed by atoms with Crippen LogP contribution in [0.1, 0.15) is 6.42 Å². The molecule has 3 rings (SSSR count). The molecule has 2 aromatic carbocycles. The summed E-state index contributed by atoms with van der Waals surface area (Å²) < 4.78 is 1.48. The van der Waals surface area contributed by atoms with Gasteiger partial charge < -0.3 is 10.2 Å². The molecular weight excluding hydrogens is 328 g/mol. The Labute approximate surface area is 152 Å². The fourth-order valence-corrected chi connectivity index (χ4v) is 2.75. The topological polar surface area (TPSA) is 67.2 Å². The number of likely N-dealkylation sites (N-methyl/N-ethyl adjacent to an activating group) is 1. The van der Waals surface area contributed by atoms with Gasteiger partial charge in [0.2, 0.25) is 5.91 Å². The number of hydrogen-bond acceptors (Lipinski definition) is 4. The number of carbonyl (C=O) groups excluding carboxylic acids is 1. The maximum atomic E-state index is 12.4. The molecule has 1 heterocycles. The molecule has 134 valence electrons. The minimum Gasteiger partial charge on any atom is -0.373 e. The van der Waals surface area contributed by atoms with Gasteiger partial charge in [-0.15, -0.1) is 0 Å². The van der Waals surface area contributed by atoms with Crippen LogP contribution >= 0.6 is 0 Å². The van der Waals surface area contributed by atoms with Crippen LogP contribution in [0.5, 0.6) is 0 Å². The number of carbonyl (C=O) groups is 1. The molecule has 6 nitrogen and oxygen atoms in total. The van der Waals surface area contributed by atoms with E-state index in [9.17, 15) is 9.59 Å². The first-order valence-corrected chi connectivity index (χ1v) is 8.62. The van der Waals surface area contributed by atoms with Crippen molar-refractivity contribution >= 4 is 22.5 Å². The third kappa shape index (κ3) is 4.27. The van der Waals surface area contributed by atoms with Crippen molar-refractivity contribution in [2.75, 3.05) is 25.0 Å². The third-order valence-electron chi connectivity index (χ3n) is 4.28. The van der Waals surface area contributed by atoms with E-state index < -0.39 is 0 Å². The van der Waals surface area contributed by atoms with Gasteiger partial charge in [0.25, 0.3) is 5.56 Å². The molecule has 0 aliphatic carbocycles. The smallest absolute Gasteiger partial charge is 0.261 e. The number of aromatic nitrogens is 2.